The van der Waals surface area contributed by atoms with Gasteiger partial charge in [-0.25, -0.2) is 9.18 Å². The fourth-order valence-electron chi connectivity index (χ4n) is 2.45. The van der Waals surface area contributed by atoms with Gasteiger partial charge in [0.05, 0.1) is 11.3 Å². The topological polar surface area (TPSA) is 57.6 Å². The number of carboxylic acid groups (broad SMARTS) is 1. The quantitative estimate of drug-likeness (QED) is 0.909. The van der Waals surface area contributed by atoms with Crippen LogP contribution in [0.2, 0.25) is 5.02 Å². The van der Waals surface area contributed by atoms with Gasteiger partial charge >= 0.3 is 5.97 Å². The van der Waals surface area contributed by atoms with E-state index in [1.54, 1.807) is 18.2 Å². The van der Waals surface area contributed by atoms with Crippen molar-refractivity contribution >= 4 is 40.9 Å². The minimum Gasteiger partial charge on any atom is -0.478 e. The number of aromatic carboxylic acids is 1. The van der Waals surface area contributed by atoms with Gasteiger partial charge in [-0.1, -0.05) is 23.7 Å². The van der Waals surface area contributed by atoms with Gasteiger partial charge in [0.1, 0.15) is 11.2 Å². The van der Waals surface area contributed by atoms with Crippen molar-refractivity contribution in [2.75, 3.05) is 10.7 Å². The van der Waals surface area contributed by atoms with Gasteiger partial charge in [0.15, 0.2) is 0 Å². The molecule has 0 spiro atoms. The Balaban J connectivity index is 2.07. The van der Waals surface area contributed by atoms with Crippen LogP contribution in [-0.4, -0.2) is 22.7 Å². The highest BCUT2D eigenvalue weighted by molar-refractivity contribution is 8.00. The molecular formula is C16H11ClFNO3S. The molecule has 23 heavy (non-hydrogen) atoms. The lowest BCUT2D eigenvalue weighted by Crippen LogP contribution is -2.28. The zero-order chi connectivity index (χ0) is 16.6. The van der Waals surface area contributed by atoms with Crippen LogP contribution in [0.5, 0.6) is 0 Å². The number of anilines is 1. The summed E-state index contributed by atoms with van der Waals surface area (Å²) in [4.78, 5) is 24.8. The highest BCUT2D eigenvalue weighted by atomic mass is 35.5. The molecule has 0 bridgehead atoms. The van der Waals surface area contributed by atoms with E-state index >= 15 is 0 Å². The number of amides is 1. The summed E-state index contributed by atoms with van der Waals surface area (Å²) in [5.74, 6) is -1.63. The average molecular weight is 352 g/mol. The molecule has 1 aliphatic rings. The first-order valence-corrected chi connectivity index (χ1v) is 8.12. The molecule has 1 fully saturated rings. The molecule has 118 valence electrons. The molecule has 1 heterocycles. The van der Waals surface area contributed by atoms with Gasteiger partial charge in [-0.05, 0) is 30.3 Å². The van der Waals surface area contributed by atoms with Crippen molar-refractivity contribution in [1.82, 2.24) is 0 Å². The molecule has 2 aromatic carbocycles. The van der Waals surface area contributed by atoms with E-state index in [0.717, 1.165) is 0 Å². The lowest BCUT2D eigenvalue weighted by molar-refractivity contribution is -0.115. The maximum atomic E-state index is 14.2. The number of hydrogen-bond acceptors (Lipinski definition) is 3. The van der Waals surface area contributed by atoms with E-state index in [-0.39, 0.29) is 27.8 Å². The summed E-state index contributed by atoms with van der Waals surface area (Å²) in [6.45, 7) is 0. The summed E-state index contributed by atoms with van der Waals surface area (Å²) in [5.41, 5.74) is 0.695. The summed E-state index contributed by atoms with van der Waals surface area (Å²) in [7, 11) is 0. The van der Waals surface area contributed by atoms with Gasteiger partial charge in [0.2, 0.25) is 5.91 Å². The number of carbonyl (C=O) groups excluding carboxylic acids is 1. The normalized spacial score (nSPS) is 17.6. The van der Waals surface area contributed by atoms with Crippen LogP contribution < -0.4 is 4.90 Å². The summed E-state index contributed by atoms with van der Waals surface area (Å²) in [6.07, 6.45) is 0. The van der Waals surface area contributed by atoms with E-state index in [4.69, 9.17) is 16.7 Å². The summed E-state index contributed by atoms with van der Waals surface area (Å²) in [5, 5.41) is 8.71. The smallest absolute Gasteiger partial charge is 0.335 e. The van der Waals surface area contributed by atoms with Crippen LogP contribution in [0.15, 0.2) is 42.5 Å². The number of nitrogens with zero attached hydrogens (tertiary/aromatic N) is 1. The van der Waals surface area contributed by atoms with Crippen molar-refractivity contribution in [3.05, 3.63) is 64.4 Å². The first-order chi connectivity index (χ1) is 11.0. The van der Waals surface area contributed by atoms with Crippen LogP contribution in [0.1, 0.15) is 21.3 Å². The number of carboxylic acids is 1. The fraction of sp³-hybridized carbons (Fsp3) is 0.125. The molecule has 1 aliphatic heterocycles. The summed E-state index contributed by atoms with van der Waals surface area (Å²) in [6, 6.07) is 10.4. The Bertz CT molecular complexity index is 778. The number of rotatable bonds is 3. The van der Waals surface area contributed by atoms with E-state index < -0.39 is 17.2 Å². The van der Waals surface area contributed by atoms with Crippen molar-refractivity contribution in [2.45, 2.75) is 5.37 Å². The van der Waals surface area contributed by atoms with Gasteiger partial charge < -0.3 is 5.11 Å². The van der Waals surface area contributed by atoms with Gasteiger partial charge in [-0.2, -0.15) is 0 Å². The fourth-order valence-corrected chi connectivity index (χ4v) is 4.02. The molecule has 1 saturated heterocycles. The second-order valence-electron chi connectivity index (χ2n) is 4.92. The Kier molecular flexibility index (Phi) is 4.28. The van der Waals surface area contributed by atoms with Gasteiger partial charge in [0.25, 0.3) is 0 Å². The van der Waals surface area contributed by atoms with E-state index in [0.29, 0.717) is 5.69 Å². The van der Waals surface area contributed by atoms with Crippen molar-refractivity contribution in [3.8, 4) is 0 Å². The Hall–Kier alpha value is -2.05. The molecule has 0 aliphatic carbocycles. The molecule has 1 atom stereocenters. The number of thioether (sulfide) groups is 1. The number of carbonyl (C=O) groups is 2. The van der Waals surface area contributed by atoms with Gasteiger partial charge in [-0.3, -0.25) is 9.69 Å². The molecule has 2 aromatic rings. The first-order valence-electron chi connectivity index (χ1n) is 6.70. The van der Waals surface area contributed by atoms with E-state index in [1.807, 2.05) is 0 Å². The van der Waals surface area contributed by atoms with E-state index in [1.165, 1.54) is 40.9 Å². The van der Waals surface area contributed by atoms with Crippen LogP contribution in [0, 0.1) is 5.82 Å². The maximum Gasteiger partial charge on any atom is 0.335 e. The highest BCUT2D eigenvalue weighted by Crippen LogP contribution is 2.45. The molecule has 0 aromatic heterocycles. The number of benzene rings is 2. The molecule has 7 heteroatoms. The Labute approximate surface area is 140 Å². The predicted octanol–water partition coefficient (Wildman–Crippen LogP) is 3.96. The van der Waals surface area contributed by atoms with Crippen LogP contribution in [-0.2, 0) is 4.79 Å². The van der Waals surface area contributed by atoms with Crippen LogP contribution in [0.4, 0.5) is 10.1 Å². The molecular weight excluding hydrogens is 341 g/mol. The standard InChI is InChI=1S/C16H11ClFNO3S/c17-11-5-2-6-12(18)14(11)15-19(13(20)8-23-15)10-4-1-3-9(7-10)16(21)22/h1-7,15H,8H2,(H,21,22)/t15-/m1/s1. The third-order valence-corrected chi connectivity index (χ3v) is 4.99. The largest absolute Gasteiger partial charge is 0.478 e. The predicted molar refractivity (Wildman–Crippen MR) is 87.5 cm³/mol. The minimum atomic E-state index is -1.09. The zero-order valence-electron chi connectivity index (χ0n) is 11.7. The molecule has 0 saturated carbocycles. The zero-order valence-corrected chi connectivity index (χ0v) is 13.3. The average Bonchev–Trinajstić information content (AvgIpc) is 2.89. The lowest BCUT2D eigenvalue weighted by Gasteiger charge is -2.25. The van der Waals surface area contributed by atoms with E-state index in [2.05, 4.69) is 0 Å². The SMILES string of the molecule is O=C(O)c1cccc(N2C(=O)CS[C@@H]2c2c(F)cccc2Cl)c1. The van der Waals surface area contributed by atoms with Crippen molar-refractivity contribution < 1.29 is 19.1 Å². The molecule has 3 rings (SSSR count). The molecule has 1 amide bonds. The number of hydrogen-bond donors (Lipinski definition) is 1. The van der Waals surface area contributed by atoms with Crippen molar-refractivity contribution in [1.29, 1.82) is 0 Å². The first kappa shape index (κ1) is 15.8. The third kappa shape index (κ3) is 2.92. The summed E-state index contributed by atoms with van der Waals surface area (Å²) < 4.78 is 14.2. The summed E-state index contributed by atoms with van der Waals surface area (Å²) >= 11 is 7.36. The van der Waals surface area contributed by atoms with E-state index in [9.17, 15) is 14.0 Å². The Morgan fingerprint density at radius 1 is 1.30 bits per heavy atom. The van der Waals surface area contributed by atoms with Crippen LogP contribution >= 0.6 is 23.4 Å². The Morgan fingerprint density at radius 2 is 2.04 bits per heavy atom. The number of halogens is 2. The van der Waals surface area contributed by atoms with Crippen molar-refractivity contribution in [2.24, 2.45) is 0 Å². The Morgan fingerprint density at radius 3 is 2.74 bits per heavy atom. The highest BCUT2D eigenvalue weighted by Gasteiger charge is 2.37. The minimum absolute atomic E-state index is 0.0607. The molecule has 0 unspecified atom stereocenters. The second kappa shape index (κ2) is 6.22. The van der Waals surface area contributed by atoms with Crippen molar-refractivity contribution in [3.63, 3.8) is 0 Å². The van der Waals surface area contributed by atoms with Gasteiger partial charge in [0, 0.05) is 16.3 Å². The lowest BCUT2D eigenvalue weighted by atomic mass is 10.1. The van der Waals surface area contributed by atoms with Crippen LogP contribution in [0.3, 0.4) is 0 Å². The van der Waals surface area contributed by atoms with Crippen LogP contribution in [0.25, 0.3) is 0 Å². The third-order valence-electron chi connectivity index (χ3n) is 3.49. The van der Waals surface area contributed by atoms with Gasteiger partial charge in [-0.15, -0.1) is 11.8 Å². The molecule has 4 nitrogen and oxygen atoms in total. The molecule has 1 N–H and O–H groups in total. The second-order valence-corrected chi connectivity index (χ2v) is 6.39. The molecule has 0 radical (unpaired) electrons. The monoisotopic (exact) mass is 351 g/mol. The maximum absolute atomic E-state index is 14.2.